The summed E-state index contributed by atoms with van der Waals surface area (Å²) in [5.41, 5.74) is 6.98. The number of nitrogens with one attached hydrogen (secondary N) is 3. The average molecular weight is 413 g/mol. The van der Waals surface area contributed by atoms with E-state index in [1.807, 2.05) is 26.0 Å². The molecular weight excluding hydrogens is 388 g/mol. The second kappa shape index (κ2) is 9.56. The maximum atomic E-state index is 12.0. The smallest absolute Gasteiger partial charge is 0.329 e. The van der Waals surface area contributed by atoms with E-state index in [4.69, 9.17) is 11.6 Å². The first kappa shape index (κ1) is 20.9. The highest BCUT2D eigenvalue weighted by Gasteiger charge is 2.21. The van der Waals surface area contributed by atoms with Crippen LogP contribution in [-0.2, 0) is 9.59 Å². The Labute approximate surface area is 175 Å². The van der Waals surface area contributed by atoms with E-state index in [0.717, 1.165) is 48.2 Å². The van der Waals surface area contributed by atoms with Crippen LogP contribution in [0.1, 0.15) is 42.4 Å². The van der Waals surface area contributed by atoms with Crippen molar-refractivity contribution in [2.45, 2.75) is 45.6 Å². The van der Waals surface area contributed by atoms with Gasteiger partial charge in [-0.25, -0.2) is 5.43 Å². The van der Waals surface area contributed by atoms with Gasteiger partial charge < -0.3 is 10.6 Å². The molecule has 0 aromatic heterocycles. The molecule has 1 aliphatic rings. The molecule has 0 aliphatic heterocycles. The van der Waals surface area contributed by atoms with Gasteiger partial charge in [-0.3, -0.25) is 9.59 Å². The molecule has 2 aromatic rings. The average Bonchev–Trinajstić information content (AvgIpc) is 3.19. The number of hydrogen-bond acceptors (Lipinski definition) is 4. The lowest BCUT2D eigenvalue weighted by molar-refractivity contribution is -0.139. The zero-order valence-electron chi connectivity index (χ0n) is 16.6. The van der Waals surface area contributed by atoms with Crippen molar-refractivity contribution < 1.29 is 9.59 Å². The van der Waals surface area contributed by atoms with Crippen molar-refractivity contribution in [2.24, 2.45) is 5.10 Å². The number of amides is 2. The third-order valence-electron chi connectivity index (χ3n) is 4.94. The molecule has 0 radical (unpaired) electrons. The van der Waals surface area contributed by atoms with Crippen LogP contribution in [-0.4, -0.2) is 24.1 Å². The topological polar surface area (TPSA) is 82.6 Å². The number of rotatable bonds is 5. The summed E-state index contributed by atoms with van der Waals surface area (Å²) in [6.45, 7) is 4.05. The molecule has 0 heterocycles. The van der Waals surface area contributed by atoms with Gasteiger partial charge in [0.15, 0.2) is 0 Å². The Morgan fingerprint density at radius 1 is 1.03 bits per heavy atom. The fourth-order valence-corrected chi connectivity index (χ4v) is 3.48. The van der Waals surface area contributed by atoms with Gasteiger partial charge >= 0.3 is 11.8 Å². The van der Waals surface area contributed by atoms with Gasteiger partial charge in [0.1, 0.15) is 0 Å². The molecular formula is C22H25ClN4O2. The number of benzene rings is 2. The molecule has 0 bridgehead atoms. The maximum absolute atomic E-state index is 12.0. The minimum Gasteiger partial charge on any atom is -0.355 e. The Morgan fingerprint density at radius 3 is 2.55 bits per heavy atom. The second-order valence-corrected chi connectivity index (χ2v) is 7.77. The first-order valence-electron chi connectivity index (χ1n) is 9.70. The molecule has 3 N–H and O–H groups in total. The normalized spacial score (nSPS) is 14.2. The molecule has 7 heteroatoms. The first-order valence-corrected chi connectivity index (χ1v) is 10.1. The standard InChI is InChI=1S/C22H25ClN4O2/c1-14-7-8-15(2)20(11-14)26-19-10-9-17(23)12-16(19)13-24-27-22(29)21(28)25-18-5-3-4-6-18/h7-13,18,26H,3-6H2,1-2H3,(H,25,28)(H,27,29)/b24-13-. The van der Waals surface area contributed by atoms with Gasteiger partial charge in [-0.15, -0.1) is 0 Å². The Balaban J connectivity index is 1.68. The second-order valence-electron chi connectivity index (χ2n) is 7.33. The Kier molecular flexibility index (Phi) is 6.88. The van der Waals surface area contributed by atoms with E-state index in [2.05, 4.69) is 33.3 Å². The van der Waals surface area contributed by atoms with Crippen molar-refractivity contribution >= 4 is 41.0 Å². The fourth-order valence-electron chi connectivity index (χ4n) is 3.30. The minimum atomic E-state index is -0.779. The molecule has 2 amide bonds. The minimum absolute atomic E-state index is 0.0820. The Hall–Kier alpha value is -2.86. The predicted molar refractivity (Wildman–Crippen MR) is 117 cm³/mol. The number of anilines is 2. The van der Waals surface area contributed by atoms with Crippen LogP contribution >= 0.6 is 11.6 Å². The van der Waals surface area contributed by atoms with Gasteiger partial charge in [0.2, 0.25) is 0 Å². The van der Waals surface area contributed by atoms with Gasteiger partial charge in [-0.05, 0) is 62.1 Å². The lowest BCUT2D eigenvalue weighted by Gasteiger charge is -2.13. The quantitative estimate of drug-likeness (QED) is 0.391. The van der Waals surface area contributed by atoms with Crippen LogP contribution in [0.4, 0.5) is 11.4 Å². The molecule has 1 aliphatic carbocycles. The summed E-state index contributed by atoms with van der Waals surface area (Å²) < 4.78 is 0. The third kappa shape index (κ3) is 5.81. The highest BCUT2D eigenvalue weighted by Crippen LogP contribution is 2.26. The van der Waals surface area contributed by atoms with Gasteiger partial charge in [-0.1, -0.05) is 36.6 Å². The van der Waals surface area contributed by atoms with Crippen LogP contribution in [0.3, 0.4) is 0 Å². The van der Waals surface area contributed by atoms with Crippen LogP contribution in [0.2, 0.25) is 5.02 Å². The van der Waals surface area contributed by atoms with E-state index in [1.165, 1.54) is 6.21 Å². The van der Waals surface area contributed by atoms with Crippen molar-refractivity contribution in [1.29, 1.82) is 0 Å². The van der Waals surface area contributed by atoms with E-state index in [-0.39, 0.29) is 6.04 Å². The fraction of sp³-hybridized carbons (Fsp3) is 0.318. The summed E-state index contributed by atoms with van der Waals surface area (Å²) in [5.74, 6) is -1.44. The summed E-state index contributed by atoms with van der Waals surface area (Å²) in [6.07, 6.45) is 5.46. The Morgan fingerprint density at radius 2 is 1.79 bits per heavy atom. The molecule has 1 fully saturated rings. The maximum Gasteiger partial charge on any atom is 0.329 e. The van der Waals surface area contributed by atoms with E-state index in [1.54, 1.807) is 12.1 Å². The van der Waals surface area contributed by atoms with E-state index >= 15 is 0 Å². The molecule has 0 saturated heterocycles. The van der Waals surface area contributed by atoms with Crippen molar-refractivity contribution in [3.63, 3.8) is 0 Å². The monoisotopic (exact) mass is 412 g/mol. The molecule has 152 valence electrons. The third-order valence-corrected chi connectivity index (χ3v) is 5.18. The van der Waals surface area contributed by atoms with E-state index in [9.17, 15) is 9.59 Å². The molecule has 6 nitrogen and oxygen atoms in total. The van der Waals surface area contributed by atoms with Crippen LogP contribution in [0, 0.1) is 13.8 Å². The number of hydrogen-bond donors (Lipinski definition) is 3. The van der Waals surface area contributed by atoms with Crippen molar-refractivity contribution in [3.8, 4) is 0 Å². The molecule has 1 saturated carbocycles. The van der Waals surface area contributed by atoms with Crippen LogP contribution in [0.5, 0.6) is 0 Å². The summed E-state index contributed by atoms with van der Waals surface area (Å²) in [5, 5.41) is 10.6. The largest absolute Gasteiger partial charge is 0.355 e. The number of halogens is 1. The van der Waals surface area contributed by atoms with Gasteiger partial charge in [0.05, 0.1) is 6.21 Å². The van der Waals surface area contributed by atoms with Gasteiger partial charge in [-0.2, -0.15) is 5.10 Å². The van der Waals surface area contributed by atoms with Crippen LogP contribution in [0.15, 0.2) is 41.5 Å². The van der Waals surface area contributed by atoms with Gasteiger partial charge in [0.25, 0.3) is 0 Å². The first-order chi connectivity index (χ1) is 13.9. The summed E-state index contributed by atoms with van der Waals surface area (Å²) in [7, 11) is 0. The summed E-state index contributed by atoms with van der Waals surface area (Å²) >= 11 is 6.12. The van der Waals surface area contributed by atoms with Crippen molar-refractivity contribution in [1.82, 2.24) is 10.7 Å². The van der Waals surface area contributed by atoms with Gasteiger partial charge in [0, 0.05) is 28.0 Å². The molecule has 0 unspecified atom stereocenters. The van der Waals surface area contributed by atoms with Crippen molar-refractivity contribution in [2.75, 3.05) is 5.32 Å². The number of aryl methyl sites for hydroxylation is 2. The van der Waals surface area contributed by atoms with Crippen molar-refractivity contribution in [3.05, 3.63) is 58.1 Å². The van der Waals surface area contributed by atoms with E-state index < -0.39 is 11.8 Å². The SMILES string of the molecule is Cc1ccc(C)c(Nc2ccc(Cl)cc2/C=N\NC(=O)C(=O)NC2CCCC2)c1. The Bertz CT molecular complexity index is 936. The molecule has 29 heavy (non-hydrogen) atoms. The molecule has 2 aromatic carbocycles. The number of hydrazone groups is 1. The lowest BCUT2D eigenvalue weighted by atomic mass is 10.1. The molecule has 3 rings (SSSR count). The zero-order chi connectivity index (χ0) is 20.8. The lowest BCUT2D eigenvalue weighted by Crippen LogP contribution is -2.42. The number of carbonyl (C=O) groups is 2. The number of nitrogens with zero attached hydrogens (tertiary/aromatic N) is 1. The zero-order valence-corrected chi connectivity index (χ0v) is 17.3. The highest BCUT2D eigenvalue weighted by atomic mass is 35.5. The molecule has 0 spiro atoms. The van der Waals surface area contributed by atoms with Crippen LogP contribution in [0.25, 0.3) is 0 Å². The summed E-state index contributed by atoms with van der Waals surface area (Å²) in [4.78, 5) is 23.9. The number of carbonyl (C=O) groups excluding carboxylic acids is 2. The van der Waals surface area contributed by atoms with E-state index in [0.29, 0.717) is 10.6 Å². The molecule has 0 atom stereocenters. The summed E-state index contributed by atoms with van der Waals surface area (Å²) in [6, 6.07) is 11.6. The van der Waals surface area contributed by atoms with Crippen LogP contribution < -0.4 is 16.1 Å². The highest BCUT2D eigenvalue weighted by molar-refractivity contribution is 6.35. The predicted octanol–water partition coefficient (Wildman–Crippen LogP) is 4.21.